The molecule has 0 radical (unpaired) electrons. The van der Waals surface area contributed by atoms with E-state index in [4.69, 9.17) is 0 Å². The van der Waals surface area contributed by atoms with Crippen LogP contribution in [0, 0.1) is 5.41 Å². The minimum atomic E-state index is -4.86. The van der Waals surface area contributed by atoms with Crippen LogP contribution in [0.5, 0.6) is 0 Å². The van der Waals surface area contributed by atoms with E-state index >= 15 is 0 Å². The van der Waals surface area contributed by atoms with Gasteiger partial charge in [-0.15, -0.1) is 0 Å². The van der Waals surface area contributed by atoms with Crippen molar-refractivity contribution >= 4 is 33.2 Å². The molecule has 30 heavy (non-hydrogen) atoms. The van der Waals surface area contributed by atoms with Crippen LogP contribution >= 0.6 is 15.9 Å². The molecular formula is C22H22BrF3N2O2. The Morgan fingerprint density at radius 1 is 1.17 bits per heavy atom. The average Bonchev–Trinajstić information content (AvgIpc) is 2.97. The van der Waals surface area contributed by atoms with Crippen molar-refractivity contribution in [2.75, 3.05) is 10.6 Å². The fraction of sp³-hybridized carbons (Fsp3) is 0.409. The third kappa shape index (κ3) is 3.50. The van der Waals surface area contributed by atoms with Gasteiger partial charge in [0.25, 0.3) is 0 Å². The van der Waals surface area contributed by atoms with E-state index in [1.165, 1.54) is 0 Å². The minimum absolute atomic E-state index is 0.0759. The Labute approximate surface area is 181 Å². The summed E-state index contributed by atoms with van der Waals surface area (Å²) in [5.41, 5.74) is -1.08. The molecule has 3 N–H and O–H groups in total. The monoisotopic (exact) mass is 482 g/mol. The number of anilines is 2. The van der Waals surface area contributed by atoms with Gasteiger partial charge in [-0.25, -0.2) is 0 Å². The van der Waals surface area contributed by atoms with Gasteiger partial charge in [0.05, 0.1) is 12.5 Å². The van der Waals surface area contributed by atoms with Crippen molar-refractivity contribution < 1.29 is 23.1 Å². The molecule has 0 aromatic heterocycles. The number of halogens is 4. The Kier molecular flexibility index (Phi) is 4.93. The van der Waals surface area contributed by atoms with E-state index in [1.54, 1.807) is 50.2 Å². The topological polar surface area (TPSA) is 61.4 Å². The average molecular weight is 483 g/mol. The number of rotatable bonds is 2. The molecule has 0 spiro atoms. The first kappa shape index (κ1) is 21.2. The molecule has 1 aliphatic heterocycles. The fourth-order valence-electron chi connectivity index (χ4n) is 4.66. The highest BCUT2D eigenvalue weighted by atomic mass is 79.9. The summed E-state index contributed by atoms with van der Waals surface area (Å²) < 4.78 is 43.8. The summed E-state index contributed by atoms with van der Waals surface area (Å²) in [4.78, 5) is 11.8. The highest BCUT2D eigenvalue weighted by Crippen LogP contribution is 2.53. The Balaban J connectivity index is 1.90. The van der Waals surface area contributed by atoms with Gasteiger partial charge >= 0.3 is 6.18 Å². The predicted molar refractivity (Wildman–Crippen MR) is 112 cm³/mol. The second-order valence-electron chi connectivity index (χ2n) is 8.88. The van der Waals surface area contributed by atoms with Crippen LogP contribution in [0.4, 0.5) is 24.5 Å². The van der Waals surface area contributed by atoms with E-state index in [-0.39, 0.29) is 12.3 Å². The number of amides is 1. The number of aliphatic hydroxyl groups is 1. The van der Waals surface area contributed by atoms with E-state index in [1.807, 2.05) is 0 Å². The SMILES string of the molecule is CC1(C)Cc2c(Br)cccc2C(Nc2cccc3c2CC(=O)N3)C(O)(C(F)(F)F)C1. The van der Waals surface area contributed by atoms with Crippen LogP contribution in [0.25, 0.3) is 0 Å². The summed E-state index contributed by atoms with van der Waals surface area (Å²) in [6.45, 7) is 3.47. The Morgan fingerprint density at radius 2 is 1.87 bits per heavy atom. The Bertz CT molecular complexity index is 1020. The zero-order chi connectivity index (χ0) is 21.9. The first-order valence-corrected chi connectivity index (χ1v) is 10.5. The van der Waals surface area contributed by atoms with E-state index in [2.05, 4.69) is 26.6 Å². The van der Waals surface area contributed by atoms with Crippen LogP contribution in [-0.4, -0.2) is 22.8 Å². The lowest BCUT2D eigenvalue weighted by molar-refractivity contribution is -0.275. The molecule has 160 valence electrons. The molecule has 2 aromatic carbocycles. The summed E-state index contributed by atoms with van der Waals surface area (Å²) in [7, 11) is 0. The van der Waals surface area contributed by atoms with E-state index in [0.29, 0.717) is 33.4 Å². The van der Waals surface area contributed by atoms with Crippen molar-refractivity contribution in [3.05, 3.63) is 57.6 Å². The van der Waals surface area contributed by atoms with Crippen LogP contribution in [-0.2, 0) is 17.6 Å². The molecule has 0 fully saturated rings. The van der Waals surface area contributed by atoms with Gasteiger partial charge in [0.2, 0.25) is 5.91 Å². The van der Waals surface area contributed by atoms with Crippen LogP contribution < -0.4 is 10.6 Å². The quantitative estimate of drug-likeness (QED) is 0.504. The van der Waals surface area contributed by atoms with E-state index in [9.17, 15) is 23.1 Å². The first-order valence-electron chi connectivity index (χ1n) is 9.66. The van der Waals surface area contributed by atoms with E-state index in [0.717, 1.165) is 5.56 Å². The zero-order valence-corrected chi connectivity index (χ0v) is 18.1. The number of hydrogen-bond acceptors (Lipinski definition) is 3. The number of carbonyl (C=O) groups is 1. The lowest BCUT2D eigenvalue weighted by Gasteiger charge is -2.41. The molecule has 2 unspecified atom stereocenters. The third-order valence-corrected chi connectivity index (χ3v) is 6.67. The van der Waals surface area contributed by atoms with Crippen molar-refractivity contribution in [3.63, 3.8) is 0 Å². The molecule has 4 nitrogen and oxygen atoms in total. The maximum atomic E-state index is 14.4. The number of nitrogens with one attached hydrogen (secondary N) is 2. The van der Waals surface area contributed by atoms with Crippen molar-refractivity contribution in [2.24, 2.45) is 5.41 Å². The molecule has 1 amide bonds. The van der Waals surface area contributed by atoms with Crippen LogP contribution in [0.2, 0.25) is 0 Å². The Morgan fingerprint density at radius 3 is 2.57 bits per heavy atom. The molecule has 1 heterocycles. The normalized spacial score (nSPS) is 25.2. The molecule has 8 heteroatoms. The smallest absolute Gasteiger partial charge is 0.379 e. The lowest BCUT2D eigenvalue weighted by Crippen LogP contribution is -2.54. The van der Waals surface area contributed by atoms with Crippen LogP contribution in [0.1, 0.15) is 43.0 Å². The number of hydrogen-bond donors (Lipinski definition) is 3. The maximum Gasteiger partial charge on any atom is 0.419 e. The minimum Gasteiger partial charge on any atom is -0.379 e. The molecule has 1 aliphatic carbocycles. The van der Waals surface area contributed by atoms with Gasteiger partial charge in [-0.05, 0) is 47.6 Å². The number of fused-ring (bicyclic) bond motifs is 2. The van der Waals surface area contributed by atoms with Crippen molar-refractivity contribution in [2.45, 2.75) is 50.9 Å². The van der Waals surface area contributed by atoms with Crippen molar-refractivity contribution in [1.29, 1.82) is 0 Å². The summed E-state index contributed by atoms with van der Waals surface area (Å²) in [5, 5.41) is 16.9. The fourth-order valence-corrected chi connectivity index (χ4v) is 5.19. The molecular weight excluding hydrogens is 461 g/mol. The molecule has 2 atom stereocenters. The maximum absolute atomic E-state index is 14.4. The lowest BCUT2D eigenvalue weighted by atomic mass is 9.76. The number of benzene rings is 2. The molecule has 0 saturated carbocycles. The molecule has 4 rings (SSSR count). The van der Waals surface area contributed by atoms with Gasteiger partial charge in [-0.1, -0.05) is 48.0 Å². The van der Waals surface area contributed by atoms with Crippen molar-refractivity contribution in [3.8, 4) is 0 Å². The van der Waals surface area contributed by atoms with Gasteiger partial charge in [-0.3, -0.25) is 4.79 Å². The first-order chi connectivity index (χ1) is 13.9. The van der Waals surface area contributed by atoms with Gasteiger partial charge in [-0.2, -0.15) is 13.2 Å². The predicted octanol–water partition coefficient (Wildman–Crippen LogP) is 5.36. The van der Waals surface area contributed by atoms with Gasteiger partial charge in [0.15, 0.2) is 5.60 Å². The van der Waals surface area contributed by atoms with Gasteiger partial charge in [0.1, 0.15) is 0 Å². The summed E-state index contributed by atoms with van der Waals surface area (Å²) in [6, 6.07) is 8.68. The third-order valence-electron chi connectivity index (χ3n) is 5.93. The highest BCUT2D eigenvalue weighted by molar-refractivity contribution is 9.10. The molecule has 0 bridgehead atoms. The summed E-state index contributed by atoms with van der Waals surface area (Å²) in [5.74, 6) is -0.213. The molecule has 2 aliphatic rings. The second-order valence-corrected chi connectivity index (χ2v) is 9.74. The molecule has 0 saturated heterocycles. The van der Waals surface area contributed by atoms with Crippen LogP contribution in [0.3, 0.4) is 0 Å². The Hall–Kier alpha value is -2.06. The second kappa shape index (κ2) is 6.99. The zero-order valence-electron chi connectivity index (χ0n) is 16.5. The summed E-state index contributed by atoms with van der Waals surface area (Å²) in [6.07, 6.45) is -4.87. The van der Waals surface area contributed by atoms with Crippen LogP contribution in [0.15, 0.2) is 40.9 Å². The van der Waals surface area contributed by atoms with E-state index < -0.39 is 29.7 Å². The van der Waals surface area contributed by atoms with Gasteiger partial charge < -0.3 is 15.7 Å². The summed E-state index contributed by atoms with van der Waals surface area (Å²) >= 11 is 3.48. The standard InChI is InChI=1S/C22H22BrF3N2O2/c1-20(2)10-14-12(5-3-6-15(14)23)19(21(30,11-20)22(24,25)26)28-17-8-4-7-16-13(17)9-18(29)27-16/h3-8,19,28,30H,9-11H2,1-2H3,(H,27,29). The number of alkyl halides is 3. The highest BCUT2D eigenvalue weighted by Gasteiger charge is 2.62. The largest absolute Gasteiger partial charge is 0.419 e. The van der Waals surface area contributed by atoms with Gasteiger partial charge in [0, 0.05) is 21.4 Å². The molecule has 2 aromatic rings. The number of carbonyl (C=O) groups excluding carboxylic acids is 1. The van der Waals surface area contributed by atoms with Crippen molar-refractivity contribution in [1.82, 2.24) is 0 Å².